The maximum Gasteiger partial charge on any atom is 0.214 e. The second kappa shape index (κ2) is 6.17. The smallest absolute Gasteiger partial charge is 0.214 e. The average Bonchev–Trinajstić information content (AvgIpc) is 3.08. The van der Waals surface area contributed by atoms with E-state index in [1.807, 2.05) is 17.7 Å². The summed E-state index contributed by atoms with van der Waals surface area (Å²) in [4.78, 5) is 8.24. The molecule has 8 nitrogen and oxygen atoms in total. The van der Waals surface area contributed by atoms with Crippen LogP contribution in [0.2, 0.25) is 0 Å². The van der Waals surface area contributed by atoms with E-state index in [-0.39, 0.29) is 11.7 Å². The van der Waals surface area contributed by atoms with Crippen LogP contribution in [0, 0.1) is 5.92 Å². The summed E-state index contributed by atoms with van der Waals surface area (Å²) in [5.74, 6) is 1.09. The summed E-state index contributed by atoms with van der Waals surface area (Å²) in [5.41, 5.74) is 0. The lowest BCUT2D eigenvalue weighted by atomic mass is 10.1. The van der Waals surface area contributed by atoms with Gasteiger partial charge in [0.15, 0.2) is 0 Å². The van der Waals surface area contributed by atoms with Gasteiger partial charge in [-0.25, -0.2) is 18.4 Å². The van der Waals surface area contributed by atoms with Gasteiger partial charge in [-0.1, -0.05) is 6.92 Å². The zero-order valence-corrected chi connectivity index (χ0v) is 13.4. The second-order valence-corrected chi connectivity index (χ2v) is 7.68. The van der Waals surface area contributed by atoms with Gasteiger partial charge in [0.25, 0.3) is 0 Å². The lowest BCUT2D eigenvalue weighted by Crippen LogP contribution is -2.36. The van der Waals surface area contributed by atoms with E-state index in [0.29, 0.717) is 26.1 Å². The first kappa shape index (κ1) is 15.2. The van der Waals surface area contributed by atoms with E-state index in [2.05, 4.69) is 15.1 Å². The van der Waals surface area contributed by atoms with Crippen LogP contribution in [0.1, 0.15) is 19.2 Å². The van der Waals surface area contributed by atoms with Gasteiger partial charge in [-0.2, -0.15) is 9.40 Å². The van der Waals surface area contributed by atoms with Crippen molar-refractivity contribution < 1.29 is 8.42 Å². The van der Waals surface area contributed by atoms with Gasteiger partial charge in [-0.15, -0.1) is 0 Å². The van der Waals surface area contributed by atoms with Crippen molar-refractivity contribution in [1.82, 2.24) is 28.6 Å². The van der Waals surface area contributed by atoms with Gasteiger partial charge in [0.1, 0.15) is 18.5 Å². The number of nitrogens with zero attached hydrogens (tertiary/aromatic N) is 6. The molecular formula is C13H20N6O2S. The van der Waals surface area contributed by atoms with Crippen LogP contribution < -0.4 is 0 Å². The zero-order chi connectivity index (χ0) is 15.6. The minimum Gasteiger partial charge on any atom is -0.333 e. The van der Waals surface area contributed by atoms with E-state index < -0.39 is 10.0 Å². The Morgan fingerprint density at radius 2 is 2.23 bits per heavy atom. The molecule has 0 bridgehead atoms. The highest BCUT2D eigenvalue weighted by Gasteiger charge is 2.30. The minimum absolute atomic E-state index is 0.129. The monoisotopic (exact) mass is 324 g/mol. The summed E-state index contributed by atoms with van der Waals surface area (Å²) < 4.78 is 30.3. The number of hydrogen-bond acceptors (Lipinski definition) is 5. The Labute approximate surface area is 129 Å². The first-order chi connectivity index (χ1) is 10.6. The van der Waals surface area contributed by atoms with E-state index in [0.717, 1.165) is 12.4 Å². The molecule has 1 aliphatic heterocycles. The van der Waals surface area contributed by atoms with Crippen molar-refractivity contribution in [1.29, 1.82) is 0 Å². The number of hydrogen-bond donors (Lipinski definition) is 0. The van der Waals surface area contributed by atoms with Crippen molar-refractivity contribution in [3.63, 3.8) is 0 Å². The predicted octanol–water partition coefficient (Wildman–Crippen LogP) is 0.346. The molecule has 2 aromatic heterocycles. The third-order valence-corrected chi connectivity index (χ3v) is 5.79. The second-order valence-electron chi connectivity index (χ2n) is 5.59. The molecule has 0 radical (unpaired) electrons. The van der Waals surface area contributed by atoms with Crippen LogP contribution in [0.5, 0.6) is 0 Å². The first-order valence-corrected chi connectivity index (χ1v) is 8.99. The number of rotatable bonds is 5. The van der Waals surface area contributed by atoms with E-state index in [1.165, 1.54) is 6.33 Å². The lowest BCUT2D eigenvalue weighted by molar-refractivity contribution is 0.302. The van der Waals surface area contributed by atoms with Crippen molar-refractivity contribution in [2.24, 2.45) is 5.92 Å². The van der Waals surface area contributed by atoms with Gasteiger partial charge in [0.2, 0.25) is 10.0 Å². The fraction of sp³-hybridized carbons (Fsp3) is 0.615. The summed E-state index contributed by atoms with van der Waals surface area (Å²) in [6.07, 6.45) is 7.38. The van der Waals surface area contributed by atoms with Crippen molar-refractivity contribution in [3.8, 4) is 0 Å². The third kappa shape index (κ3) is 3.20. The zero-order valence-electron chi connectivity index (χ0n) is 12.5. The highest BCUT2D eigenvalue weighted by Crippen LogP contribution is 2.20. The molecule has 0 aliphatic carbocycles. The molecule has 3 heterocycles. The Balaban J connectivity index is 1.86. The topological polar surface area (TPSA) is 85.9 Å². The Bertz CT molecular complexity index is 709. The van der Waals surface area contributed by atoms with Gasteiger partial charge in [0.05, 0.1) is 12.3 Å². The van der Waals surface area contributed by atoms with Gasteiger partial charge >= 0.3 is 0 Å². The first-order valence-electron chi connectivity index (χ1n) is 7.38. The third-order valence-electron chi connectivity index (χ3n) is 3.80. The van der Waals surface area contributed by atoms with Crippen LogP contribution in [0.15, 0.2) is 25.0 Å². The summed E-state index contributed by atoms with van der Waals surface area (Å²) in [5, 5.41) is 4.12. The van der Waals surface area contributed by atoms with Crippen LogP contribution in [0.25, 0.3) is 0 Å². The largest absolute Gasteiger partial charge is 0.333 e. The van der Waals surface area contributed by atoms with Gasteiger partial charge < -0.3 is 4.57 Å². The Kier molecular flexibility index (Phi) is 4.25. The molecule has 0 N–H and O–H groups in total. The Hall–Kier alpha value is -1.74. The standard InChI is InChI=1S/C13H20N6O2S/c1-2-5-22(20,21)19-8-12(7-18-11-14-10-16-18)6-17-4-3-15-13(17)9-19/h3-4,10-12H,2,5-9H2,1H3/t12-/m0/s1. The molecule has 0 spiro atoms. The van der Waals surface area contributed by atoms with Crippen LogP contribution in [0.4, 0.5) is 0 Å². The highest BCUT2D eigenvalue weighted by molar-refractivity contribution is 7.89. The predicted molar refractivity (Wildman–Crippen MR) is 80.2 cm³/mol. The molecule has 1 atom stereocenters. The molecule has 0 saturated heterocycles. The molecule has 0 saturated carbocycles. The normalized spacial score (nSPS) is 19.8. The molecule has 9 heteroatoms. The fourth-order valence-corrected chi connectivity index (χ4v) is 4.33. The van der Waals surface area contributed by atoms with Crippen molar-refractivity contribution in [3.05, 3.63) is 30.9 Å². The van der Waals surface area contributed by atoms with E-state index in [4.69, 9.17) is 0 Å². The van der Waals surface area contributed by atoms with Crippen molar-refractivity contribution in [2.75, 3.05) is 12.3 Å². The maximum atomic E-state index is 12.5. The number of fused-ring (bicyclic) bond motifs is 1. The van der Waals surface area contributed by atoms with E-state index in [1.54, 1.807) is 21.5 Å². The Morgan fingerprint density at radius 3 is 2.95 bits per heavy atom. The SMILES string of the molecule is CCCS(=O)(=O)N1Cc2nccn2C[C@@H](Cn2cncn2)C1. The molecule has 0 unspecified atom stereocenters. The highest BCUT2D eigenvalue weighted by atomic mass is 32.2. The number of sulfonamides is 1. The van der Waals surface area contributed by atoms with Crippen LogP contribution in [-0.4, -0.2) is 49.3 Å². The fourth-order valence-electron chi connectivity index (χ4n) is 2.81. The number of imidazole rings is 1. The average molecular weight is 324 g/mol. The van der Waals surface area contributed by atoms with E-state index >= 15 is 0 Å². The van der Waals surface area contributed by atoms with Gasteiger partial charge in [0, 0.05) is 37.9 Å². The molecule has 0 aromatic carbocycles. The summed E-state index contributed by atoms with van der Waals surface area (Å²) in [6.45, 7) is 4.06. The minimum atomic E-state index is -3.25. The summed E-state index contributed by atoms with van der Waals surface area (Å²) >= 11 is 0. The molecular weight excluding hydrogens is 304 g/mol. The quantitative estimate of drug-likeness (QED) is 0.792. The van der Waals surface area contributed by atoms with Crippen molar-refractivity contribution in [2.45, 2.75) is 33.0 Å². The number of aromatic nitrogens is 5. The van der Waals surface area contributed by atoms with Crippen molar-refractivity contribution >= 4 is 10.0 Å². The van der Waals surface area contributed by atoms with E-state index in [9.17, 15) is 8.42 Å². The maximum absolute atomic E-state index is 12.5. The van der Waals surface area contributed by atoms with Crippen LogP contribution >= 0.6 is 0 Å². The molecule has 1 aliphatic rings. The van der Waals surface area contributed by atoms with Crippen LogP contribution in [0.3, 0.4) is 0 Å². The molecule has 22 heavy (non-hydrogen) atoms. The summed E-state index contributed by atoms with van der Waals surface area (Å²) in [7, 11) is -3.25. The molecule has 3 rings (SSSR count). The molecule has 120 valence electrons. The lowest BCUT2D eigenvalue weighted by Gasteiger charge is -2.23. The molecule has 0 fully saturated rings. The molecule has 2 aromatic rings. The Morgan fingerprint density at radius 1 is 1.36 bits per heavy atom. The van der Waals surface area contributed by atoms with Crippen LogP contribution in [-0.2, 0) is 29.7 Å². The summed E-state index contributed by atoms with van der Waals surface area (Å²) in [6, 6.07) is 0. The van der Waals surface area contributed by atoms with Gasteiger partial charge in [-0.05, 0) is 6.42 Å². The van der Waals surface area contributed by atoms with Gasteiger partial charge in [-0.3, -0.25) is 4.68 Å². The molecule has 0 amide bonds.